The Morgan fingerprint density at radius 3 is 2.85 bits per heavy atom. The minimum absolute atomic E-state index is 0.0498. The summed E-state index contributed by atoms with van der Waals surface area (Å²) in [6.45, 7) is -0.382. The molecule has 1 aromatic rings. The van der Waals surface area contributed by atoms with E-state index in [1.165, 1.54) is 22.8 Å². The Labute approximate surface area is 153 Å². The lowest BCUT2D eigenvalue weighted by Gasteiger charge is -2.31. The third-order valence-electron chi connectivity index (χ3n) is 4.10. The van der Waals surface area contributed by atoms with E-state index in [0.29, 0.717) is 16.3 Å². The van der Waals surface area contributed by atoms with Crippen LogP contribution in [0.25, 0.3) is 0 Å². The van der Waals surface area contributed by atoms with Crippen LogP contribution in [0.5, 0.6) is 0 Å². The van der Waals surface area contributed by atoms with Crippen molar-refractivity contribution in [2.75, 3.05) is 20.2 Å². The standard InChI is InChI=1S/C12H17N7O7S/c1-14-11(16-25-5-8(13)20)10-9-6(3-15-17(9)2)7-4-18(10)12(21)19(7)26-27(22,23)24/h3,7,10H,4-5H2,1-2H3,(H2,13,20)(H,14,16)(H,22,23,24)/t7-,10-/m0/s1. The Hall–Kier alpha value is -2.75. The zero-order valence-corrected chi connectivity index (χ0v) is 15.1. The number of urea groups is 1. The van der Waals surface area contributed by atoms with E-state index in [1.807, 2.05) is 0 Å². The molecule has 2 aliphatic heterocycles. The second-order valence-corrected chi connectivity index (χ2v) is 6.76. The van der Waals surface area contributed by atoms with Crippen LogP contribution in [0.2, 0.25) is 0 Å². The fourth-order valence-electron chi connectivity index (χ4n) is 3.11. The van der Waals surface area contributed by atoms with Crippen LogP contribution in [0.15, 0.2) is 11.2 Å². The summed E-state index contributed by atoms with van der Waals surface area (Å²) in [7, 11) is -1.84. The van der Waals surface area contributed by atoms with E-state index < -0.39 is 41.0 Å². The fourth-order valence-corrected chi connectivity index (χ4v) is 3.48. The fraction of sp³-hybridized carbons (Fsp3) is 0.500. The lowest BCUT2D eigenvalue weighted by Crippen LogP contribution is -2.45. The second-order valence-electron chi connectivity index (χ2n) is 5.76. The number of hydrogen-bond acceptors (Lipinski definition) is 8. The van der Waals surface area contributed by atoms with Gasteiger partial charge in [0.15, 0.2) is 6.61 Å². The molecule has 2 atom stereocenters. The van der Waals surface area contributed by atoms with Crippen LogP contribution in [-0.4, -0.2) is 70.7 Å². The third-order valence-corrected chi connectivity index (χ3v) is 4.45. The lowest BCUT2D eigenvalue weighted by molar-refractivity contribution is -0.123. The van der Waals surface area contributed by atoms with Crippen molar-refractivity contribution in [3.63, 3.8) is 0 Å². The van der Waals surface area contributed by atoms with Crippen molar-refractivity contribution in [1.29, 1.82) is 0 Å². The molecule has 1 fully saturated rings. The molecular weight excluding hydrogens is 386 g/mol. The van der Waals surface area contributed by atoms with Crippen LogP contribution in [-0.2, 0) is 31.4 Å². The Kier molecular flexibility index (Phi) is 4.77. The van der Waals surface area contributed by atoms with Crippen LogP contribution >= 0.6 is 0 Å². The molecule has 14 nitrogen and oxygen atoms in total. The number of rotatable bonds is 6. The summed E-state index contributed by atoms with van der Waals surface area (Å²) in [6, 6.07) is -2.44. The Bertz CT molecular complexity index is 911. The predicted octanol–water partition coefficient (Wildman–Crippen LogP) is -1.98. The van der Waals surface area contributed by atoms with E-state index >= 15 is 0 Å². The van der Waals surface area contributed by atoms with Crippen LogP contribution < -0.4 is 11.2 Å². The van der Waals surface area contributed by atoms with Crippen molar-refractivity contribution < 1.29 is 31.7 Å². The predicted molar refractivity (Wildman–Crippen MR) is 86.9 cm³/mol. The summed E-state index contributed by atoms with van der Waals surface area (Å²) >= 11 is 0. The van der Waals surface area contributed by atoms with Crippen molar-refractivity contribution in [2.24, 2.45) is 17.8 Å². The first-order chi connectivity index (χ1) is 12.6. The van der Waals surface area contributed by atoms with E-state index in [-0.39, 0.29) is 12.4 Å². The molecular formula is C12H17N7O7S. The monoisotopic (exact) mass is 403 g/mol. The van der Waals surface area contributed by atoms with Gasteiger partial charge in [-0.25, -0.2) is 4.79 Å². The van der Waals surface area contributed by atoms with E-state index in [9.17, 15) is 18.0 Å². The van der Waals surface area contributed by atoms with Gasteiger partial charge >= 0.3 is 16.4 Å². The molecule has 3 amide bonds. The summed E-state index contributed by atoms with van der Waals surface area (Å²) in [6.07, 6.45) is 1.46. The highest BCUT2D eigenvalue weighted by molar-refractivity contribution is 7.80. The number of primary amides is 1. The number of aliphatic imine (C=N–C) groups is 1. The minimum atomic E-state index is -4.91. The number of fused-ring (bicyclic) bond motifs is 4. The molecule has 1 aromatic heterocycles. The average molecular weight is 403 g/mol. The van der Waals surface area contributed by atoms with Gasteiger partial charge in [0.25, 0.3) is 0 Å². The van der Waals surface area contributed by atoms with E-state index in [2.05, 4.69) is 19.9 Å². The van der Waals surface area contributed by atoms with Crippen molar-refractivity contribution >= 4 is 28.2 Å². The van der Waals surface area contributed by atoms with Crippen molar-refractivity contribution in [3.8, 4) is 0 Å². The number of nitrogens with zero attached hydrogens (tertiary/aromatic N) is 5. The topological polar surface area (TPSA) is 182 Å². The molecule has 0 aromatic carbocycles. The molecule has 148 valence electrons. The Balaban J connectivity index is 1.98. The number of hydroxylamine groups is 3. The molecule has 3 heterocycles. The normalized spacial score (nSPS) is 22.2. The van der Waals surface area contributed by atoms with Crippen molar-refractivity contribution in [1.82, 2.24) is 25.2 Å². The average Bonchev–Trinajstić information content (AvgIpc) is 3.07. The maximum atomic E-state index is 12.7. The number of amidine groups is 1. The highest BCUT2D eigenvalue weighted by atomic mass is 32.3. The van der Waals surface area contributed by atoms with Crippen LogP contribution in [0.4, 0.5) is 4.79 Å². The second kappa shape index (κ2) is 6.76. The highest BCUT2D eigenvalue weighted by Gasteiger charge is 2.53. The molecule has 0 spiro atoms. The molecule has 1 saturated heterocycles. The first-order valence-corrected chi connectivity index (χ1v) is 8.92. The number of carbonyl (C=O) groups excluding carboxylic acids is 2. The number of amides is 3. The van der Waals surface area contributed by atoms with Gasteiger partial charge in [-0.1, -0.05) is 0 Å². The quantitative estimate of drug-likeness (QED) is 0.210. The minimum Gasteiger partial charge on any atom is -0.368 e. The van der Waals surface area contributed by atoms with Gasteiger partial charge in [0.2, 0.25) is 5.91 Å². The van der Waals surface area contributed by atoms with Crippen LogP contribution in [0.1, 0.15) is 23.3 Å². The smallest absolute Gasteiger partial charge is 0.368 e. The van der Waals surface area contributed by atoms with E-state index in [4.69, 9.17) is 15.1 Å². The third kappa shape index (κ3) is 3.44. The van der Waals surface area contributed by atoms with Gasteiger partial charge in [0, 0.05) is 19.7 Å². The molecule has 15 heteroatoms. The first-order valence-electron chi connectivity index (χ1n) is 7.55. The van der Waals surface area contributed by atoms with E-state index in [1.54, 1.807) is 7.05 Å². The van der Waals surface area contributed by atoms with Crippen molar-refractivity contribution in [2.45, 2.75) is 12.1 Å². The van der Waals surface area contributed by atoms with Gasteiger partial charge in [0.05, 0.1) is 18.4 Å². The Morgan fingerprint density at radius 2 is 2.26 bits per heavy atom. The molecule has 0 unspecified atom stereocenters. The summed E-state index contributed by atoms with van der Waals surface area (Å²) in [4.78, 5) is 33.8. The zero-order valence-electron chi connectivity index (χ0n) is 14.3. The number of carbonyl (C=O) groups is 2. The molecule has 0 radical (unpaired) electrons. The molecule has 0 aliphatic carbocycles. The number of nitrogens with two attached hydrogens (primary N) is 1. The molecule has 0 saturated carbocycles. The number of aromatic nitrogens is 2. The zero-order chi connectivity index (χ0) is 19.9. The summed E-state index contributed by atoms with van der Waals surface area (Å²) in [5.74, 6) is -0.561. The van der Waals surface area contributed by atoms with Crippen LogP contribution in [0.3, 0.4) is 0 Å². The van der Waals surface area contributed by atoms with Gasteiger partial charge in [-0.05, 0) is 0 Å². The SMILES string of the molecule is CN=C(NOCC(N)=O)[C@@H]1c2c(cnn2C)[C@@H]2CN1C(=O)N2OS(=O)(=O)O. The van der Waals surface area contributed by atoms with Gasteiger partial charge in [-0.3, -0.25) is 29.3 Å². The van der Waals surface area contributed by atoms with E-state index in [0.717, 1.165) is 0 Å². The molecule has 2 bridgehead atoms. The summed E-state index contributed by atoms with van der Waals surface area (Å²) in [5.41, 5.74) is 8.53. The van der Waals surface area contributed by atoms with Gasteiger partial charge < -0.3 is 10.6 Å². The first kappa shape index (κ1) is 19.0. The highest BCUT2D eigenvalue weighted by Crippen LogP contribution is 2.44. The maximum Gasteiger partial charge on any atom is 0.418 e. The number of hydrogen-bond donors (Lipinski definition) is 3. The van der Waals surface area contributed by atoms with Crippen molar-refractivity contribution in [3.05, 3.63) is 17.5 Å². The summed E-state index contributed by atoms with van der Waals surface area (Å²) < 4.78 is 37.1. The van der Waals surface area contributed by atoms with Gasteiger partial charge in [-0.2, -0.15) is 18.6 Å². The Morgan fingerprint density at radius 1 is 1.56 bits per heavy atom. The molecule has 3 rings (SSSR count). The molecule has 2 aliphatic rings. The maximum absolute atomic E-state index is 12.7. The summed E-state index contributed by atoms with van der Waals surface area (Å²) in [5, 5.41) is 4.70. The molecule has 4 N–H and O–H groups in total. The number of aryl methyl sites for hydroxylation is 1. The van der Waals surface area contributed by atoms with Crippen LogP contribution in [0, 0.1) is 0 Å². The lowest BCUT2D eigenvalue weighted by atomic mass is 9.97. The van der Waals surface area contributed by atoms with Gasteiger partial charge in [0.1, 0.15) is 17.9 Å². The largest absolute Gasteiger partial charge is 0.418 e. The van der Waals surface area contributed by atoms with Gasteiger partial charge in [-0.15, -0.1) is 4.28 Å². The molecule has 27 heavy (non-hydrogen) atoms. The number of nitrogens with one attached hydrogen (secondary N) is 1.